The van der Waals surface area contributed by atoms with Gasteiger partial charge in [-0.05, 0) is 64.7 Å². The van der Waals surface area contributed by atoms with E-state index in [2.05, 4.69) is 33.8 Å². The summed E-state index contributed by atoms with van der Waals surface area (Å²) in [6, 6.07) is 0. The molecule has 1 nitrogen and oxygen atoms in total. The minimum atomic E-state index is -0.216. The van der Waals surface area contributed by atoms with Gasteiger partial charge in [0, 0.05) is 0 Å². The highest BCUT2D eigenvalue weighted by Gasteiger charge is 2.27. The summed E-state index contributed by atoms with van der Waals surface area (Å²) in [5, 5.41) is 9.29. The van der Waals surface area contributed by atoms with Crippen molar-refractivity contribution in [2.45, 2.75) is 79.2 Å². The minimum Gasteiger partial charge on any atom is -0.393 e. The molecule has 0 aromatic carbocycles. The molecule has 1 unspecified atom stereocenters. The zero-order valence-electron chi connectivity index (χ0n) is 12.8. The predicted molar refractivity (Wildman–Crippen MR) is 79.6 cm³/mol. The fourth-order valence-electron chi connectivity index (χ4n) is 3.02. The monoisotopic (exact) mass is 250 g/mol. The first-order valence-corrected chi connectivity index (χ1v) is 7.35. The van der Waals surface area contributed by atoms with Crippen molar-refractivity contribution in [3.63, 3.8) is 0 Å². The Labute approximate surface area is 113 Å². The molecule has 0 fully saturated rings. The molecule has 1 heteroatoms. The van der Waals surface area contributed by atoms with Crippen LogP contribution in [0.1, 0.15) is 73.1 Å². The molecule has 0 saturated carbocycles. The third-order valence-electron chi connectivity index (χ3n) is 4.26. The molecule has 0 aliphatic heterocycles. The summed E-state index contributed by atoms with van der Waals surface area (Å²) in [5.41, 5.74) is 5.11. The molecule has 1 atom stereocenters. The fourth-order valence-corrected chi connectivity index (χ4v) is 3.02. The average molecular weight is 250 g/mol. The molecule has 0 aromatic heterocycles. The molecule has 0 aromatic rings. The number of aliphatic hydroxyl groups excluding tert-OH is 1. The Hall–Kier alpha value is -0.560. The van der Waals surface area contributed by atoms with E-state index in [9.17, 15) is 5.11 Å². The first-order valence-electron chi connectivity index (χ1n) is 7.35. The highest BCUT2D eigenvalue weighted by molar-refractivity contribution is 5.23. The summed E-state index contributed by atoms with van der Waals surface area (Å²) in [6.45, 7) is 11.1. The van der Waals surface area contributed by atoms with Crippen LogP contribution in [0.25, 0.3) is 0 Å². The smallest absolute Gasteiger partial charge is 0.0546 e. The molecule has 1 N–H and O–H groups in total. The van der Waals surface area contributed by atoms with Crippen molar-refractivity contribution in [2.75, 3.05) is 0 Å². The summed E-state index contributed by atoms with van der Waals surface area (Å²) < 4.78 is 0. The van der Waals surface area contributed by atoms with Crippen LogP contribution in [0.3, 0.4) is 0 Å². The third kappa shape index (κ3) is 4.61. The highest BCUT2D eigenvalue weighted by atomic mass is 16.3. The van der Waals surface area contributed by atoms with Gasteiger partial charge in [0.05, 0.1) is 6.10 Å². The van der Waals surface area contributed by atoms with Crippen LogP contribution in [0, 0.1) is 5.41 Å². The molecular weight excluding hydrogens is 220 g/mol. The standard InChI is InChI=1S/C17H30O/c1-13(8-10-15(3)18)9-11-16-14(2)7-6-12-17(16,4)5/h8,15,18H,6-7,9-12H2,1-5H3/b13-8+. The van der Waals surface area contributed by atoms with Crippen molar-refractivity contribution in [1.82, 2.24) is 0 Å². The molecule has 1 rings (SSSR count). The normalized spacial score (nSPS) is 22.2. The zero-order valence-corrected chi connectivity index (χ0v) is 12.8. The number of hydrogen-bond donors (Lipinski definition) is 1. The molecule has 0 radical (unpaired) electrons. The lowest BCUT2D eigenvalue weighted by atomic mass is 9.71. The Balaban J connectivity index is 2.59. The highest BCUT2D eigenvalue weighted by Crippen LogP contribution is 2.42. The average Bonchev–Trinajstić information content (AvgIpc) is 2.24. The van der Waals surface area contributed by atoms with Gasteiger partial charge in [-0.15, -0.1) is 0 Å². The first kappa shape index (κ1) is 15.5. The van der Waals surface area contributed by atoms with Crippen LogP contribution < -0.4 is 0 Å². The Kier molecular flexibility index (Phi) is 5.65. The maximum absolute atomic E-state index is 9.29. The van der Waals surface area contributed by atoms with Gasteiger partial charge in [0.1, 0.15) is 0 Å². The topological polar surface area (TPSA) is 20.2 Å². The molecule has 0 amide bonds. The van der Waals surface area contributed by atoms with Crippen molar-refractivity contribution in [3.8, 4) is 0 Å². The molecule has 0 saturated heterocycles. The first-order chi connectivity index (χ1) is 8.33. The van der Waals surface area contributed by atoms with Crippen LogP contribution in [0.2, 0.25) is 0 Å². The summed E-state index contributed by atoms with van der Waals surface area (Å²) >= 11 is 0. The Morgan fingerprint density at radius 3 is 2.67 bits per heavy atom. The van der Waals surface area contributed by atoms with Gasteiger partial charge < -0.3 is 5.11 Å². The number of allylic oxidation sites excluding steroid dienone is 3. The van der Waals surface area contributed by atoms with E-state index in [4.69, 9.17) is 0 Å². The molecular formula is C17H30O. The molecule has 0 bridgehead atoms. The van der Waals surface area contributed by atoms with E-state index < -0.39 is 0 Å². The largest absolute Gasteiger partial charge is 0.393 e. The van der Waals surface area contributed by atoms with E-state index >= 15 is 0 Å². The van der Waals surface area contributed by atoms with E-state index in [1.54, 1.807) is 11.1 Å². The van der Waals surface area contributed by atoms with Crippen LogP contribution in [0.5, 0.6) is 0 Å². The quantitative estimate of drug-likeness (QED) is 0.680. The van der Waals surface area contributed by atoms with E-state index in [1.165, 1.54) is 31.3 Å². The lowest BCUT2D eigenvalue weighted by molar-refractivity contribution is 0.198. The van der Waals surface area contributed by atoms with Crippen molar-refractivity contribution < 1.29 is 5.11 Å². The van der Waals surface area contributed by atoms with Gasteiger partial charge in [-0.25, -0.2) is 0 Å². The van der Waals surface area contributed by atoms with Crippen LogP contribution in [0.4, 0.5) is 0 Å². The van der Waals surface area contributed by atoms with Gasteiger partial charge in [-0.3, -0.25) is 0 Å². The molecule has 0 heterocycles. The molecule has 18 heavy (non-hydrogen) atoms. The molecule has 1 aliphatic carbocycles. The zero-order chi connectivity index (χ0) is 13.8. The van der Waals surface area contributed by atoms with Gasteiger partial charge in [0.2, 0.25) is 0 Å². The van der Waals surface area contributed by atoms with Gasteiger partial charge in [0.15, 0.2) is 0 Å². The number of aliphatic hydroxyl groups is 1. The van der Waals surface area contributed by atoms with Crippen molar-refractivity contribution in [1.29, 1.82) is 0 Å². The minimum absolute atomic E-state index is 0.216. The Morgan fingerprint density at radius 1 is 1.44 bits per heavy atom. The lowest BCUT2D eigenvalue weighted by Gasteiger charge is -2.35. The number of hydrogen-bond acceptors (Lipinski definition) is 1. The fraction of sp³-hybridized carbons (Fsp3) is 0.765. The summed E-state index contributed by atoms with van der Waals surface area (Å²) in [6.07, 6.45) is 9.06. The summed E-state index contributed by atoms with van der Waals surface area (Å²) in [4.78, 5) is 0. The van der Waals surface area contributed by atoms with Gasteiger partial charge >= 0.3 is 0 Å². The van der Waals surface area contributed by atoms with Crippen LogP contribution in [-0.2, 0) is 0 Å². The van der Waals surface area contributed by atoms with Crippen LogP contribution in [-0.4, -0.2) is 11.2 Å². The second kappa shape index (κ2) is 6.56. The molecule has 0 spiro atoms. The van der Waals surface area contributed by atoms with Gasteiger partial charge in [-0.1, -0.05) is 36.6 Å². The van der Waals surface area contributed by atoms with Crippen LogP contribution >= 0.6 is 0 Å². The Bertz CT molecular complexity index is 332. The van der Waals surface area contributed by atoms with Crippen molar-refractivity contribution >= 4 is 0 Å². The number of rotatable bonds is 5. The van der Waals surface area contributed by atoms with E-state index in [1.807, 2.05) is 6.92 Å². The second-order valence-corrected chi connectivity index (χ2v) is 6.63. The maximum atomic E-state index is 9.29. The van der Waals surface area contributed by atoms with E-state index in [0.29, 0.717) is 5.41 Å². The predicted octanol–water partition coefficient (Wildman–Crippen LogP) is 5.01. The SMILES string of the molecule is CC1=C(CC/C(C)=C/CC(C)O)C(C)(C)CCC1. The van der Waals surface area contributed by atoms with Gasteiger partial charge in [-0.2, -0.15) is 0 Å². The summed E-state index contributed by atoms with van der Waals surface area (Å²) in [5.74, 6) is 0. The third-order valence-corrected chi connectivity index (χ3v) is 4.26. The lowest BCUT2D eigenvalue weighted by Crippen LogP contribution is -2.20. The van der Waals surface area contributed by atoms with E-state index in [0.717, 1.165) is 12.8 Å². The van der Waals surface area contributed by atoms with E-state index in [-0.39, 0.29) is 6.10 Å². The van der Waals surface area contributed by atoms with Crippen LogP contribution in [0.15, 0.2) is 22.8 Å². The van der Waals surface area contributed by atoms with Gasteiger partial charge in [0.25, 0.3) is 0 Å². The summed E-state index contributed by atoms with van der Waals surface area (Å²) in [7, 11) is 0. The molecule has 1 aliphatic rings. The maximum Gasteiger partial charge on any atom is 0.0546 e. The van der Waals surface area contributed by atoms with Crippen molar-refractivity contribution in [2.24, 2.45) is 5.41 Å². The molecule has 104 valence electrons. The Morgan fingerprint density at radius 2 is 2.11 bits per heavy atom. The second-order valence-electron chi connectivity index (χ2n) is 6.63. The van der Waals surface area contributed by atoms with Crippen molar-refractivity contribution in [3.05, 3.63) is 22.8 Å².